The molecule has 2 heterocycles. The normalized spacial score (nSPS) is 10.8. The van der Waals surface area contributed by atoms with Crippen LogP contribution in [0.1, 0.15) is 11.1 Å². The van der Waals surface area contributed by atoms with Gasteiger partial charge >= 0.3 is 0 Å². The maximum atomic E-state index is 4.30. The van der Waals surface area contributed by atoms with Gasteiger partial charge in [0.05, 0.1) is 0 Å². The van der Waals surface area contributed by atoms with Crippen LogP contribution in [0.2, 0.25) is 0 Å². The zero-order chi connectivity index (χ0) is 13.2. The molecule has 1 aromatic carbocycles. The van der Waals surface area contributed by atoms with E-state index in [1.54, 1.807) is 6.20 Å². The zero-order valence-corrected chi connectivity index (χ0v) is 12.7. The molecule has 2 N–H and O–H groups in total. The quantitative estimate of drug-likeness (QED) is 0.689. The lowest BCUT2D eigenvalue weighted by Gasteiger charge is -2.07. The van der Waals surface area contributed by atoms with Crippen molar-refractivity contribution in [1.29, 1.82) is 0 Å². The highest BCUT2D eigenvalue weighted by molar-refractivity contribution is 14.1. The standard InChI is InChI=1S/C15H14IN3/c1-10-4-5-12(7-14(10)16)18-8-11-9-19-15-13(11)3-2-6-17-15/h2-7,9,18H,8H2,1H3,(H,17,19). The summed E-state index contributed by atoms with van der Waals surface area (Å²) in [5.74, 6) is 0. The van der Waals surface area contributed by atoms with E-state index in [9.17, 15) is 0 Å². The minimum atomic E-state index is 0.796. The minimum absolute atomic E-state index is 0.796. The monoisotopic (exact) mass is 363 g/mol. The van der Waals surface area contributed by atoms with Crippen LogP contribution in [-0.2, 0) is 6.54 Å². The highest BCUT2D eigenvalue weighted by Gasteiger charge is 2.04. The van der Waals surface area contributed by atoms with Crippen molar-refractivity contribution in [1.82, 2.24) is 9.97 Å². The van der Waals surface area contributed by atoms with Crippen molar-refractivity contribution in [2.45, 2.75) is 13.5 Å². The molecule has 0 atom stereocenters. The maximum absolute atomic E-state index is 4.30. The molecule has 3 rings (SSSR count). The Labute approximate surface area is 125 Å². The second kappa shape index (κ2) is 5.21. The van der Waals surface area contributed by atoms with Crippen molar-refractivity contribution in [3.8, 4) is 0 Å². The number of aromatic amines is 1. The Morgan fingerprint density at radius 2 is 2.21 bits per heavy atom. The third-order valence-corrected chi connectivity index (χ3v) is 4.35. The second-order valence-electron chi connectivity index (χ2n) is 4.53. The number of benzene rings is 1. The first kappa shape index (κ1) is 12.5. The average molecular weight is 363 g/mol. The van der Waals surface area contributed by atoms with Crippen LogP contribution in [0.3, 0.4) is 0 Å². The van der Waals surface area contributed by atoms with Gasteiger partial charge in [0.2, 0.25) is 0 Å². The van der Waals surface area contributed by atoms with Gasteiger partial charge in [-0.05, 0) is 64.9 Å². The zero-order valence-electron chi connectivity index (χ0n) is 10.6. The van der Waals surface area contributed by atoms with Crippen LogP contribution in [0.15, 0.2) is 42.7 Å². The van der Waals surface area contributed by atoms with Crippen LogP contribution in [0.4, 0.5) is 5.69 Å². The Balaban J connectivity index is 1.80. The van der Waals surface area contributed by atoms with Gasteiger partial charge in [0.25, 0.3) is 0 Å². The van der Waals surface area contributed by atoms with Gasteiger partial charge < -0.3 is 10.3 Å². The third-order valence-electron chi connectivity index (χ3n) is 3.19. The fraction of sp³-hybridized carbons (Fsp3) is 0.133. The summed E-state index contributed by atoms with van der Waals surface area (Å²) in [5.41, 5.74) is 4.63. The first-order chi connectivity index (χ1) is 9.24. The molecule has 4 heteroatoms. The molecule has 96 valence electrons. The largest absolute Gasteiger partial charge is 0.381 e. The number of pyridine rings is 1. The number of halogens is 1. The van der Waals surface area contributed by atoms with E-state index in [4.69, 9.17) is 0 Å². The molecular weight excluding hydrogens is 349 g/mol. The number of H-pyrrole nitrogens is 1. The Morgan fingerprint density at radius 1 is 1.32 bits per heavy atom. The van der Waals surface area contributed by atoms with Crippen LogP contribution in [0, 0.1) is 10.5 Å². The molecule has 0 bridgehead atoms. The lowest BCUT2D eigenvalue weighted by atomic mass is 10.2. The van der Waals surface area contributed by atoms with E-state index in [2.05, 4.69) is 69.1 Å². The van der Waals surface area contributed by atoms with E-state index >= 15 is 0 Å². The lowest BCUT2D eigenvalue weighted by Crippen LogP contribution is -1.99. The molecule has 0 fully saturated rings. The van der Waals surface area contributed by atoms with E-state index in [1.165, 1.54) is 20.1 Å². The van der Waals surface area contributed by atoms with E-state index in [1.807, 2.05) is 12.3 Å². The summed E-state index contributed by atoms with van der Waals surface area (Å²) in [6.07, 6.45) is 3.82. The van der Waals surface area contributed by atoms with E-state index in [-0.39, 0.29) is 0 Å². The highest BCUT2D eigenvalue weighted by Crippen LogP contribution is 2.20. The van der Waals surface area contributed by atoms with Crippen molar-refractivity contribution in [3.63, 3.8) is 0 Å². The van der Waals surface area contributed by atoms with Crippen LogP contribution in [0.5, 0.6) is 0 Å². The second-order valence-corrected chi connectivity index (χ2v) is 5.69. The van der Waals surface area contributed by atoms with E-state index in [0.717, 1.165) is 17.9 Å². The summed E-state index contributed by atoms with van der Waals surface area (Å²) in [5, 5.41) is 4.63. The van der Waals surface area contributed by atoms with Crippen molar-refractivity contribution < 1.29 is 0 Å². The molecule has 0 saturated heterocycles. The molecule has 0 aliphatic heterocycles. The summed E-state index contributed by atoms with van der Waals surface area (Å²) in [6, 6.07) is 10.5. The molecule has 0 radical (unpaired) electrons. The summed E-state index contributed by atoms with van der Waals surface area (Å²) in [6.45, 7) is 2.92. The molecule has 0 amide bonds. The molecular formula is C15H14IN3. The highest BCUT2D eigenvalue weighted by atomic mass is 127. The van der Waals surface area contributed by atoms with Gasteiger partial charge in [0.15, 0.2) is 0 Å². The summed E-state index contributed by atoms with van der Waals surface area (Å²) < 4.78 is 1.28. The van der Waals surface area contributed by atoms with Crippen LogP contribution in [-0.4, -0.2) is 9.97 Å². The third kappa shape index (κ3) is 2.58. The molecule has 0 aliphatic carbocycles. The van der Waals surface area contributed by atoms with E-state index < -0.39 is 0 Å². The summed E-state index contributed by atoms with van der Waals surface area (Å²) >= 11 is 2.36. The Morgan fingerprint density at radius 3 is 3.05 bits per heavy atom. The number of rotatable bonds is 3. The van der Waals surface area contributed by atoms with E-state index in [0.29, 0.717) is 0 Å². The van der Waals surface area contributed by atoms with Crippen molar-refractivity contribution in [2.75, 3.05) is 5.32 Å². The smallest absolute Gasteiger partial charge is 0.137 e. The van der Waals surface area contributed by atoms with Gasteiger partial charge in [-0.25, -0.2) is 4.98 Å². The first-order valence-corrected chi connectivity index (χ1v) is 7.23. The first-order valence-electron chi connectivity index (χ1n) is 6.15. The number of hydrogen-bond donors (Lipinski definition) is 2. The summed E-state index contributed by atoms with van der Waals surface area (Å²) in [7, 11) is 0. The Bertz CT molecular complexity index is 718. The topological polar surface area (TPSA) is 40.7 Å². The van der Waals surface area contributed by atoms with Gasteiger partial charge in [-0.3, -0.25) is 0 Å². The average Bonchev–Trinajstić information content (AvgIpc) is 2.83. The molecule has 3 aromatic rings. The molecule has 0 saturated carbocycles. The van der Waals surface area contributed by atoms with Gasteiger partial charge in [-0.1, -0.05) is 6.07 Å². The van der Waals surface area contributed by atoms with Gasteiger partial charge in [0.1, 0.15) is 5.65 Å². The van der Waals surface area contributed by atoms with Crippen molar-refractivity contribution >= 4 is 39.3 Å². The minimum Gasteiger partial charge on any atom is -0.381 e. The molecule has 19 heavy (non-hydrogen) atoms. The Hall–Kier alpha value is -1.56. The fourth-order valence-corrected chi connectivity index (χ4v) is 2.57. The number of nitrogens with one attached hydrogen (secondary N) is 2. The molecule has 0 unspecified atom stereocenters. The number of hydrogen-bond acceptors (Lipinski definition) is 2. The predicted molar refractivity (Wildman–Crippen MR) is 87.3 cm³/mol. The molecule has 3 nitrogen and oxygen atoms in total. The van der Waals surface area contributed by atoms with Gasteiger partial charge in [-0.15, -0.1) is 0 Å². The number of aromatic nitrogens is 2. The molecule has 0 spiro atoms. The van der Waals surface area contributed by atoms with Gasteiger partial charge in [-0.2, -0.15) is 0 Å². The fourth-order valence-electron chi connectivity index (χ4n) is 2.06. The van der Waals surface area contributed by atoms with Crippen molar-refractivity contribution in [3.05, 3.63) is 57.4 Å². The SMILES string of the molecule is Cc1ccc(NCc2c[nH]c3ncccc23)cc1I. The number of anilines is 1. The molecule has 2 aromatic heterocycles. The number of nitrogens with zero attached hydrogens (tertiary/aromatic N) is 1. The number of aryl methyl sites for hydroxylation is 1. The van der Waals surface area contributed by atoms with Crippen molar-refractivity contribution in [2.24, 2.45) is 0 Å². The van der Waals surface area contributed by atoms with Crippen LogP contribution < -0.4 is 5.32 Å². The van der Waals surface area contributed by atoms with Crippen LogP contribution >= 0.6 is 22.6 Å². The Kier molecular flexibility index (Phi) is 3.42. The molecule has 0 aliphatic rings. The summed E-state index contributed by atoms with van der Waals surface area (Å²) in [4.78, 5) is 7.49. The van der Waals surface area contributed by atoms with Gasteiger partial charge in [0, 0.05) is 33.6 Å². The lowest BCUT2D eigenvalue weighted by molar-refractivity contribution is 1.16. The predicted octanol–water partition coefficient (Wildman–Crippen LogP) is 4.09. The van der Waals surface area contributed by atoms with Crippen LogP contribution in [0.25, 0.3) is 11.0 Å². The number of fused-ring (bicyclic) bond motifs is 1. The maximum Gasteiger partial charge on any atom is 0.137 e.